The molecule has 0 amide bonds. The topological polar surface area (TPSA) is 67.0 Å². The van der Waals surface area contributed by atoms with Crippen LogP contribution >= 0.6 is 0 Å². The largest absolute Gasteiger partial charge is 0.360 e. The standard InChI is InChI=1S/C15H9F2NO3S/c16-11-6-10-13(7-12(11)17)18-8-14(15(10)19)22(20,21)9-4-2-1-3-5-9/h1-8H,(H,18,19). The van der Waals surface area contributed by atoms with Crippen molar-refractivity contribution in [3.05, 3.63) is 70.5 Å². The zero-order chi connectivity index (χ0) is 15.9. The summed E-state index contributed by atoms with van der Waals surface area (Å²) in [7, 11) is -4.04. The van der Waals surface area contributed by atoms with Crippen LogP contribution in [0.15, 0.2) is 63.2 Å². The van der Waals surface area contributed by atoms with Gasteiger partial charge in [0.2, 0.25) is 15.3 Å². The van der Waals surface area contributed by atoms with Gasteiger partial charge in [-0.1, -0.05) is 18.2 Å². The Balaban J connectivity index is 2.32. The lowest BCUT2D eigenvalue weighted by atomic mass is 10.2. The van der Waals surface area contributed by atoms with E-state index in [0.717, 1.165) is 12.3 Å². The number of nitrogens with one attached hydrogen (secondary N) is 1. The number of hydrogen-bond acceptors (Lipinski definition) is 3. The predicted molar refractivity (Wildman–Crippen MR) is 76.4 cm³/mol. The molecule has 0 radical (unpaired) electrons. The number of aromatic nitrogens is 1. The van der Waals surface area contributed by atoms with Gasteiger partial charge < -0.3 is 4.98 Å². The second-order valence-electron chi connectivity index (χ2n) is 4.61. The van der Waals surface area contributed by atoms with E-state index in [1.807, 2.05) is 0 Å². The van der Waals surface area contributed by atoms with Gasteiger partial charge in [0.15, 0.2) is 11.6 Å². The van der Waals surface area contributed by atoms with Gasteiger partial charge in [0.1, 0.15) is 4.90 Å². The van der Waals surface area contributed by atoms with Crippen LogP contribution in [0.4, 0.5) is 8.78 Å². The van der Waals surface area contributed by atoms with Crippen LogP contribution in [0.2, 0.25) is 0 Å². The van der Waals surface area contributed by atoms with Crippen LogP contribution in [0.1, 0.15) is 0 Å². The third-order valence-corrected chi connectivity index (χ3v) is 5.01. The molecule has 7 heteroatoms. The number of halogens is 2. The van der Waals surface area contributed by atoms with Gasteiger partial charge in [-0.3, -0.25) is 4.79 Å². The van der Waals surface area contributed by atoms with E-state index in [-0.39, 0.29) is 15.8 Å². The lowest BCUT2D eigenvalue weighted by Crippen LogP contribution is -2.16. The minimum Gasteiger partial charge on any atom is -0.360 e. The molecule has 0 saturated carbocycles. The van der Waals surface area contributed by atoms with Gasteiger partial charge in [0.25, 0.3) is 0 Å². The first-order chi connectivity index (χ1) is 10.4. The molecule has 3 rings (SSSR count). The molecular weight excluding hydrogens is 312 g/mol. The molecule has 112 valence electrons. The summed E-state index contributed by atoms with van der Waals surface area (Å²) in [5, 5.41) is -0.226. The quantitative estimate of drug-likeness (QED) is 0.789. The van der Waals surface area contributed by atoms with E-state index >= 15 is 0 Å². The SMILES string of the molecule is O=c1c(S(=O)(=O)c2ccccc2)c[nH]c2cc(F)c(F)cc12. The van der Waals surface area contributed by atoms with E-state index in [1.54, 1.807) is 6.07 Å². The molecule has 1 N–H and O–H groups in total. The molecule has 3 aromatic rings. The van der Waals surface area contributed by atoms with Crippen LogP contribution < -0.4 is 5.43 Å². The highest BCUT2D eigenvalue weighted by atomic mass is 32.2. The van der Waals surface area contributed by atoms with Gasteiger partial charge >= 0.3 is 0 Å². The molecule has 1 aromatic heterocycles. The fourth-order valence-electron chi connectivity index (χ4n) is 2.12. The smallest absolute Gasteiger partial charge is 0.211 e. The first kappa shape index (κ1) is 14.4. The maximum atomic E-state index is 13.3. The molecule has 22 heavy (non-hydrogen) atoms. The summed E-state index contributed by atoms with van der Waals surface area (Å²) in [6.45, 7) is 0. The Kier molecular flexibility index (Phi) is 3.29. The lowest BCUT2D eigenvalue weighted by Gasteiger charge is -2.06. The van der Waals surface area contributed by atoms with E-state index in [0.29, 0.717) is 6.07 Å². The summed E-state index contributed by atoms with van der Waals surface area (Å²) in [6.07, 6.45) is 0.990. The minimum atomic E-state index is -4.04. The highest BCUT2D eigenvalue weighted by molar-refractivity contribution is 7.91. The molecule has 0 aliphatic carbocycles. The maximum absolute atomic E-state index is 13.3. The van der Waals surface area contributed by atoms with E-state index in [2.05, 4.69) is 4.98 Å². The van der Waals surface area contributed by atoms with Crippen molar-refractivity contribution in [2.45, 2.75) is 9.79 Å². The first-order valence-corrected chi connectivity index (χ1v) is 7.70. The molecule has 0 aliphatic rings. The Morgan fingerprint density at radius 2 is 1.59 bits per heavy atom. The molecule has 0 bridgehead atoms. The number of benzene rings is 2. The molecule has 0 unspecified atom stereocenters. The van der Waals surface area contributed by atoms with Crippen LogP contribution in [0.5, 0.6) is 0 Å². The fourth-order valence-corrected chi connectivity index (χ4v) is 3.46. The monoisotopic (exact) mass is 321 g/mol. The van der Waals surface area contributed by atoms with E-state index in [9.17, 15) is 22.0 Å². The van der Waals surface area contributed by atoms with Gasteiger partial charge in [0, 0.05) is 17.6 Å². The minimum absolute atomic E-state index is 0.0240. The summed E-state index contributed by atoms with van der Waals surface area (Å²) < 4.78 is 51.4. The Morgan fingerprint density at radius 3 is 2.27 bits per heavy atom. The van der Waals surface area contributed by atoms with Crippen molar-refractivity contribution in [1.82, 2.24) is 4.98 Å². The van der Waals surface area contributed by atoms with E-state index in [4.69, 9.17) is 0 Å². The molecule has 0 spiro atoms. The van der Waals surface area contributed by atoms with Gasteiger partial charge in [-0.25, -0.2) is 17.2 Å². The summed E-state index contributed by atoms with van der Waals surface area (Å²) in [5.41, 5.74) is -0.854. The third kappa shape index (κ3) is 2.19. The Morgan fingerprint density at radius 1 is 0.955 bits per heavy atom. The van der Waals surface area contributed by atoms with Gasteiger partial charge in [-0.05, 0) is 18.2 Å². The number of sulfone groups is 1. The highest BCUT2D eigenvalue weighted by Crippen LogP contribution is 2.20. The zero-order valence-electron chi connectivity index (χ0n) is 11.0. The molecule has 1 heterocycles. The Hall–Kier alpha value is -2.54. The second-order valence-corrected chi connectivity index (χ2v) is 6.53. The Labute approximate surface area is 124 Å². The van der Waals surface area contributed by atoms with Crippen molar-refractivity contribution in [2.75, 3.05) is 0 Å². The van der Waals surface area contributed by atoms with Gasteiger partial charge in [0.05, 0.1) is 10.4 Å². The number of fused-ring (bicyclic) bond motifs is 1. The number of rotatable bonds is 2. The van der Waals surface area contributed by atoms with E-state index < -0.39 is 31.8 Å². The third-order valence-electron chi connectivity index (χ3n) is 3.23. The molecule has 0 aliphatic heterocycles. The number of pyridine rings is 1. The zero-order valence-corrected chi connectivity index (χ0v) is 11.8. The summed E-state index contributed by atoms with van der Waals surface area (Å²) in [5.74, 6) is -2.34. The maximum Gasteiger partial charge on any atom is 0.211 e. The van der Waals surface area contributed by atoms with Crippen molar-refractivity contribution in [3.8, 4) is 0 Å². The molecule has 4 nitrogen and oxygen atoms in total. The molecule has 0 atom stereocenters. The lowest BCUT2D eigenvalue weighted by molar-refractivity contribution is 0.510. The Bertz CT molecular complexity index is 1030. The second kappa shape index (κ2) is 5.03. The van der Waals surface area contributed by atoms with Crippen molar-refractivity contribution in [1.29, 1.82) is 0 Å². The average molecular weight is 321 g/mol. The first-order valence-electron chi connectivity index (χ1n) is 6.22. The normalized spacial score (nSPS) is 11.7. The van der Waals surface area contributed by atoms with Crippen molar-refractivity contribution in [3.63, 3.8) is 0 Å². The predicted octanol–water partition coefficient (Wildman–Crippen LogP) is 2.64. The van der Waals surface area contributed by atoms with Crippen molar-refractivity contribution in [2.24, 2.45) is 0 Å². The molecule has 0 fully saturated rings. The fraction of sp³-hybridized carbons (Fsp3) is 0. The number of hydrogen-bond donors (Lipinski definition) is 1. The summed E-state index contributed by atoms with van der Waals surface area (Å²) >= 11 is 0. The molecule has 0 saturated heterocycles. The van der Waals surface area contributed by atoms with E-state index in [1.165, 1.54) is 24.3 Å². The number of H-pyrrole nitrogens is 1. The van der Waals surface area contributed by atoms with Crippen LogP contribution in [0.3, 0.4) is 0 Å². The average Bonchev–Trinajstić information content (AvgIpc) is 2.50. The molecular formula is C15H9F2NO3S. The molecule has 2 aromatic carbocycles. The van der Waals surface area contributed by atoms with Crippen LogP contribution in [0, 0.1) is 11.6 Å². The van der Waals surface area contributed by atoms with Crippen molar-refractivity contribution >= 4 is 20.7 Å². The van der Waals surface area contributed by atoms with Crippen LogP contribution in [-0.2, 0) is 9.84 Å². The highest BCUT2D eigenvalue weighted by Gasteiger charge is 2.22. The van der Waals surface area contributed by atoms with Crippen molar-refractivity contribution < 1.29 is 17.2 Å². The van der Waals surface area contributed by atoms with Crippen LogP contribution in [0.25, 0.3) is 10.9 Å². The van der Waals surface area contributed by atoms with Gasteiger partial charge in [-0.15, -0.1) is 0 Å². The number of aromatic amines is 1. The van der Waals surface area contributed by atoms with Gasteiger partial charge in [-0.2, -0.15) is 0 Å². The van der Waals surface area contributed by atoms with Crippen LogP contribution in [-0.4, -0.2) is 13.4 Å². The summed E-state index contributed by atoms with van der Waals surface area (Å²) in [6, 6.07) is 8.89. The summed E-state index contributed by atoms with van der Waals surface area (Å²) in [4.78, 5) is 14.3.